The fourth-order valence-corrected chi connectivity index (χ4v) is 1.59. The summed E-state index contributed by atoms with van der Waals surface area (Å²) in [6.07, 6.45) is 9.04. The number of hydrogen-bond donors (Lipinski definition) is 1. The Morgan fingerprint density at radius 1 is 1.54 bits per heavy atom. The predicted octanol–water partition coefficient (Wildman–Crippen LogP) is 1.28. The van der Waals surface area contributed by atoms with Gasteiger partial charge in [-0.15, -0.1) is 6.42 Å². The number of imidazole rings is 1. The Morgan fingerprint density at radius 2 is 2.31 bits per heavy atom. The molecule has 0 amide bonds. The molecule has 0 radical (unpaired) electrons. The van der Waals surface area contributed by atoms with E-state index in [1.54, 1.807) is 6.20 Å². The molecule has 68 valence electrons. The van der Waals surface area contributed by atoms with Crippen LogP contribution < -0.4 is 0 Å². The van der Waals surface area contributed by atoms with Crippen molar-refractivity contribution in [3.63, 3.8) is 0 Å². The number of terminal acetylenes is 1. The van der Waals surface area contributed by atoms with Gasteiger partial charge in [0.1, 0.15) is 11.5 Å². The van der Waals surface area contributed by atoms with Crippen LogP contribution in [0, 0.1) is 12.3 Å². The van der Waals surface area contributed by atoms with Crippen LogP contribution in [0.5, 0.6) is 0 Å². The van der Waals surface area contributed by atoms with Crippen LogP contribution in [0.4, 0.5) is 0 Å². The molecule has 0 aromatic carbocycles. The smallest absolute Gasteiger partial charge is 0.110 e. The van der Waals surface area contributed by atoms with Crippen LogP contribution in [-0.2, 0) is 4.74 Å². The lowest BCUT2D eigenvalue weighted by Gasteiger charge is -2.19. The SMILES string of the molecule is C#Cc1cnc(C2CCOCC2)[nH]1. The fraction of sp³-hybridized carbons (Fsp3) is 0.500. The van der Waals surface area contributed by atoms with Crippen molar-refractivity contribution in [2.24, 2.45) is 0 Å². The summed E-state index contributed by atoms with van der Waals surface area (Å²) in [7, 11) is 0. The predicted molar refractivity (Wildman–Crippen MR) is 49.3 cm³/mol. The third-order valence-corrected chi connectivity index (χ3v) is 2.36. The molecule has 1 aliphatic heterocycles. The first-order valence-electron chi connectivity index (χ1n) is 4.49. The van der Waals surface area contributed by atoms with E-state index in [-0.39, 0.29) is 0 Å². The zero-order valence-electron chi connectivity index (χ0n) is 7.42. The second kappa shape index (κ2) is 3.63. The number of nitrogens with zero attached hydrogens (tertiary/aromatic N) is 1. The summed E-state index contributed by atoms with van der Waals surface area (Å²) in [4.78, 5) is 7.39. The van der Waals surface area contributed by atoms with Gasteiger partial charge < -0.3 is 9.72 Å². The molecule has 13 heavy (non-hydrogen) atoms. The second-order valence-corrected chi connectivity index (χ2v) is 3.21. The van der Waals surface area contributed by atoms with E-state index in [2.05, 4.69) is 15.9 Å². The van der Waals surface area contributed by atoms with Gasteiger partial charge >= 0.3 is 0 Å². The molecule has 0 spiro atoms. The molecule has 0 atom stereocenters. The van der Waals surface area contributed by atoms with E-state index in [9.17, 15) is 0 Å². The summed E-state index contributed by atoms with van der Waals surface area (Å²) in [6.45, 7) is 1.66. The average molecular weight is 176 g/mol. The molecule has 1 aliphatic rings. The van der Waals surface area contributed by atoms with Crippen LogP contribution in [-0.4, -0.2) is 23.2 Å². The summed E-state index contributed by atoms with van der Waals surface area (Å²) in [5.41, 5.74) is 0.765. The van der Waals surface area contributed by atoms with Gasteiger partial charge in [0.15, 0.2) is 0 Å². The van der Waals surface area contributed by atoms with Crippen LogP contribution in [0.15, 0.2) is 6.20 Å². The largest absolute Gasteiger partial charge is 0.381 e. The summed E-state index contributed by atoms with van der Waals surface area (Å²) < 4.78 is 5.27. The van der Waals surface area contributed by atoms with Gasteiger partial charge in [0.25, 0.3) is 0 Å². The topological polar surface area (TPSA) is 37.9 Å². The highest BCUT2D eigenvalue weighted by Gasteiger charge is 2.18. The highest BCUT2D eigenvalue weighted by atomic mass is 16.5. The maximum atomic E-state index is 5.27. The van der Waals surface area contributed by atoms with Crippen LogP contribution >= 0.6 is 0 Å². The van der Waals surface area contributed by atoms with E-state index in [0.717, 1.165) is 37.6 Å². The molecular formula is C10H12N2O. The molecule has 2 heterocycles. The normalized spacial score (nSPS) is 18.4. The van der Waals surface area contributed by atoms with Crippen molar-refractivity contribution < 1.29 is 4.74 Å². The lowest BCUT2D eigenvalue weighted by molar-refractivity contribution is 0.0837. The van der Waals surface area contributed by atoms with Gasteiger partial charge in [-0.25, -0.2) is 4.98 Å². The van der Waals surface area contributed by atoms with E-state index >= 15 is 0 Å². The van der Waals surface area contributed by atoms with Crippen molar-refractivity contribution >= 4 is 0 Å². The maximum absolute atomic E-state index is 5.27. The molecule has 1 saturated heterocycles. The lowest BCUT2D eigenvalue weighted by Crippen LogP contribution is -2.15. The molecule has 0 aliphatic carbocycles. The molecule has 0 saturated carbocycles. The molecular weight excluding hydrogens is 164 g/mol. The number of aromatic amines is 1. The molecule has 1 aromatic heterocycles. The maximum Gasteiger partial charge on any atom is 0.110 e. The van der Waals surface area contributed by atoms with Crippen molar-refractivity contribution in [1.82, 2.24) is 9.97 Å². The summed E-state index contributed by atoms with van der Waals surface area (Å²) in [5, 5.41) is 0. The Hall–Kier alpha value is -1.27. The third kappa shape index (κ3) is 1.73. The molecule has 3 nitrogen and oxygen atoms in total. The fourth-order valence-electron chi connectivity index (χ4n) is 1.59. The highest BCUT2D eigenvalue weighted by Crippen LogP contribution is 2.23. The number of rotatable bonds is 1. The van der Waals surface area contributed by atoms with Crippen LogP contribution in [0.25, 0.3) is 0 Å². The Balaban J connectivity index is 2.11. The minimum atomic E-state index is 0.496. The van der Waals surface area contributed by atoms with Crippen molar-refractivity contribution in [3.8, 4) is 12.3 Å². The van der Waals surface area contributed by atoms with E-state index in [4.69, 9.17) is 11.2 Å². The van der Waals surface area contributed by atoms with Crippen LogP contribution in [0.1, 0.15) is 30.3 Å². The Morgan fingerprint density at radius 3 is 2.92 bits per heavy atom. The Labute approximate surface area is 77.5 Å². The number of nitrogens with one attached hydrogen (secondary N) is 1. The first-order chi connectivity index (χ1) is 6.40. The van der Waals surface area contributed by atoms with Gasteiger partial charge in [-0.05, 0) is 12.8 Å². The van der Waals surface area contributed by atoms with Gasteiger partial charge in [-0.1, -0.05) is 5.92 Å². The third-order valence-electron chi connectivity index (χ3n) is 2.36. The van der Waals surface area contributed by atoms with Gasteiger partial charge in [-0.2, -0.15) is 0 Å². The summed E-state index contributed by atoms with van der Waals surface area (Å²) >= 11 is 0. The van der Waals surface area contributed by atoms with E-state index in [0.29, 0.717) is 5.92 Å². The van der Waals surface area contributed by atoms with Crippen molar-refractivity contribution in [2.75, 3.05) is 13.2 Å². The second-order valence-electron chi connectivity index (χ2n) is 3.21. The van der Waals surface area contributed by atoms with E-state index in [1.807, 2.05) is 0 Å². The first kappa shape index (κ1) is 8.33. The number of hydrogen-bond acceptors (Lipinski definition) is 2. The monoisotopic (exact) mass is 176 g/mol. The minimum Gasteiger partial charge on any atom is -0.381 e. The number of ether oxygens (including phenoxy) is 1. The Kier molecular flexibility index (Phi) is 2.33. The number of H-pyrrole nitrogens is 1. The molecule has 2 rings (SSSR count). The highest BCUT2D eigenvalue weighted by molar-refractivity contribution is 5.23. The molecule has 1 aromatic rings. The van der Waals surface area contributed by atoms with Crippen molar-refractivity contribution in [3.05, 3.63) is 17.7 Å². The van der Waals surface area contributed by atoms with E-state index < -0.39 is 0 Å². The standard InChI is InChI=1S/C10H12N2O/c1-2-9-7-11-10(12-9)8-3-5-13-6-4-8/h1,7-8H,3-6H2,(H,11,12). The van der Waals surface area contributed by atoms with Crippen molar-refractivity contribution in [2.45, 2.75) is 18.8 Å². The summed E-state index contributed by atoms with van der Waals surface area (Å²) in [6, 6.07) is 0. The van der Waals surface area contributed by atoms with Gasteiger partial charge in [0, 0.05) is 19.1 Å². The first-order valence-corrected chi connectivity index (χ1v) is 4.49. The summed E-state index contributed by atoms with van der Waals surface area (Å²) in [5.74, 6) is 4.04. The quantitative estimate of drug-likeness (QED) is 0.655. The van der Waals surface area contributed by atoms with Gasteiger partial charge in [-0.3, -0.25) is 0 Å². The number of aromatic nitrogens is 2. The van der Waals surface area contributed by atoms with Gasteiger partial charge in [0.05, 0.1) is 6.20 Å². The molecule has 1 N–H and O–H groups in total. The van der Waals surface area contributed by atoms with Crippen LogP contribution in [0.2, 0.25) is 0 Å². The molecule has 3 heteroatoms. The Bertz CT molecular complexity index is 318. The van der Waals surface area contributed by atoms with Crippen molar-refractivity contribution in [1.29, 1.82) is 0 Å². The zero-order valence-corrected chi connectivity index (χ0v) is 7.42. The molecule has 0 unspecified atom stereocenters. The zero-order chi connectivity index (χ0) is 9.10. The minimum absolute atomic E-state index is 0.496. The average Bonchev–Trinajstić information content (AvgIpc) is 2.67. The van der Waals surface area contributed by atoms with Gasteiger partial charge in [0.2, 0.25) is 0 Å². The molecule has 1 fully saturated rings. The van der Waals surface area contributed by atoms with E-state index in [1.165, 1.54) is 0 Å². The molecule has 0 bridgehead atoms. The lowest BCUT2D eigenvalue weighted by atomic mass is 10.00. The van der Waals surface area contributed by atoms with Crippen LogP contribution in [0.3, 0.4) is 0 Å².